The smallest absolute Gasteiger partial charge is 0.276 e. The first-order chi connectivity index (χ1) is 13.6. The fourth-order valence-electron chi connectivity index (χ4n) is 3.20. The van der Waals surface area contributed by atoms with Crippen LogP contribution in [-0.2, 0) is 4.79 Å². The molecule has 0 unspecified atom stereocenters. The monoisotopic (exact) mass is 458 g/mol. The quantitative estimate of drug-likeness (QED) is 0.764. The highest BCUT2D eigenvalue weighted by Gasteiger charge is 2.35. The van der Waals surface area contributed by atoms with Gasteiger partial charge in [-0.3, -0.25) is 15.1 Å². The Labute approximate surface area is 175 Å². The number of halogens is 1. The fourth-order valence-corrected chi connectivity index (χ4v) is 4.29. The standard InChI is InChI=1S/C20H19BrN4O2S/c1-3-10-28-20-23-19(26)17-13-6-4-5-7-15(13)22-18(25(17)24-20)14-11-12(21)8-9-16(14)27-2/h4-9,11,18H,3,10H2,1-2H3,(H,23,24,26)/t18-/m0/s1. The highest BCUT2D eigenvalue weighted by molar-refractivity contribution is 9.10. The van der Waals surface area contributed by atoms with Crippen molar-refractivity contribution in [3.63, 3.8) is 0 Å². The van der Waals surface area contributed by atoms with Crippen LogP contribution >= 0.6 is 27.7 Å². The summed E-state index contributed by atoms with van der Waals surface area (Å²) in [6.07, 6.45) is 0.493. The van der Waals surface area contributed by atoms with Crippen molar-refractivity contribution in [1.29, 1.82) is 0 Å². The average Bonchev–Trinajstić information content (AvgIpc) is 2.71. The molecule has 0 saturated carbocycles. The zero-order valence-electron chi connectivity index (χ0n) is 15.5. The lowest BCUT2D eigenvalue weighted by molar-refractivity contribution is -0.116. The van der Waals surface area contributed by atoms with Crippen LogP contribution in [0.5, 0.6) is 5.75 Å². The first-order valence-corrected chi connectivity index (χ1v) is 10.7. The van der Waals surface area contributed by atoms with Crippen LogP contribution in [0.3, 0.4) is 0 Å². The number of ether oxygens (including phenoxy) is 1. The molecule has 28 heavy (non-hydrogen) atoms. The van der Waals surface area contributed by atoms with Gasteiger partial charge in [0.1, 0.15) is 11.4 Å². The predicted octanol–water partition coefficient (Wildman–Crippen LogP) is 2.74. The van der Waals surface area contributed by atoms with Gasteiger partial charge in [0.2, 0.25) is 0 Å². The van der Waals surface area contributed by atoms with E-state index >= 15 is 0 Å². The highest BCUT2D eigenvalue weighted by Crippen LogP contribution is 2.37. The summed E-state index contributed by atoms with van der Waals surface area (Å²) in [5, 5.41) is 11.5. The molecule has 2 heterocycles. The summed E-state index contributed by atoms with van der Waals surface area (Å²) in [5.74, 6) is 1.40. The first-order valence-electron chi connectivity index (χ1n) is 8.95. The lowest BCUT2D eigenvalue weighted by Gasteiger charge is -2.34. The summed E-state index contributed by atoms with van der Waals surface area (Å²) < 4.78 is 6.48. The van der Waals surface area contributed by atoms with E-state index in [0.29, 0.717) is 16.6 Å². The van der Waals surface area contributed by atoms with Gasteiger partial charge >= 0.3 is 0 Å². The number of rotatable bonds is 4. The molecule has 2 aromatic rings. The maximum atomic E-state index is 13.0. The van der Waals surface area contributed by atoms with Gasteiger partial charge in [0.05, 0.1) is 12.5 Å². The summed E-state index contributed by atoms with van der Waals surface area (Å²) in [7, 11) is 1.63. The van der Waals surface area contributed by atoms with E-state index in [9.17, 15) is 4.79 Å². The Hall–Kier alpha value is -2.32. The number of hydrogen-bond acceptors (Lipinski definition) is 6. The van der Waals surface area contributed by atoms with Crippen LogP contribution in [-0.4, -0.2) is 28.9 Å². The van der Waals surface area contributed by atoms with Crippen molar-refractivity contribution in [2.45, 2.75) is 19.5 Å². The number of fused-ring (bicyclic) bond motifs is 2. The van der Waals surface area contributed by atoms with E-state index < -0.39 is 6.17 Å². The minimum atomic E-state index is -0.499. The molecule has 0 saturated heterocycles. The molecule has 0 fully saturated rings. The van der Waals surface area contributed by atoms with Gasteiger partial charge in [0, 0.05) is 21.0 Å². The molecule has 1 N–H and O–H groups in total. The van der Waals surface area contributed by atoms with Crippen molar-refractivity contribution < 1.29 is 9.53 Å². The van der Waals surface area contributed by atoms with Crippen molar-refractivity contribution in [3.8, 4) is 5.75 Å². The van der Waals surface area contributed by atoms with Crippen molar-refractivity contribution >= 4 is 44.5 Å². The lowest BCUT2D eigenvalue weighted by Crippen LogP contribution is -2.50. The average molecular weight is 459 g/mol. The Balaban J connectivity index is 1.94. The van der Waals surface area contributed by atoms with E-state index in [1.807, 2.05) is 42.5 Å². The molecule has 1 atom stereocenters. The number of carbonyl (C=O) groups is 1. The lowest BCUT2D eigenvalue weighted by atomic mass is 10.1. The molecule has 0 aromatic heterocycles. The number of amidine groups is 1. The third-order valence-corrected chi connectivity index (χ3v) is 5.99. The second-order valence-electron chi connectivity index (χ2n) is 6.31. The van der Waals surface area contributed by atoms with Crippen molar-refractivity contribution in [2.24, 2.45) is 10.1 Å². The van der Waals surface area contributed by atoms with Gasteiger partial charge in [-0.15, -0.1) is 5.10 Å². The molecule has 2 aromatic carbocycles. The summed E-state index contributed by atoms with van der Waals surface area (Å²) in [5.41, 5.74) is 1.33. The largest absolute Gasteiger partial charge is 0.496 e. The number of para-hydroxylation sites is 1. The van der Waals surface area contributed by atoms with E-state index in [1.54, 1.807) is 12.1 Å². The molecule has 8 heteroatoms. The molecule has 0 aliphatic carbocycles. The number of nitrogens with zero attached hydrogens (tertiary/aromatic N) is 3. The Morgan fingerprint density at radius 2 is 2.11 bits per heavy atom. The number of nitrogens with one attached hydrogen (secondary N) is 1. The van der Waals surface area contributed by atoms with Crippen molar-refractivity contribution in [1.82, 2.24) is 10.3 Å². The zero-order valence-corrected chi connectivity index (χ0v) is 17.9. The number of hydrogen-bond donors (Lipinski definition) is 1. The number of carbonyl (C=O) groups excluding carboxylic acids is 1. The van der Waals surface area contributed by atoms with Crippen LogP contribution in [0.4, 0.5) is 0 Å². The second-order valence-corrected chi connectivity index (χ2v) is 8.31. The van der Waals surface area contributed by atoms with Crippen LogP contribution in [0.15, 0.2) is 57.0 Å². The van der Waals surface area contributed by atoms with E-state index in [2.05, 4.69) is 28.2 Å². The third kappa shape index (κ3) is 3.42. The predicted molar refractivity (Wildman–Crippen MR) is 114 cm³/mol. The summed E-state index contributed by atoms with van der Waals surface area (Å²) in [6, 6.07) is 13.4. The molecule has 2 aliphatic rings. The van der Waals surface area contributed by atoms with E-state index in [0.717, 1.165) is 32.8 Å². The van der Waals surface area contributed by atoms with Gasteiger partial charge in [0.15, 0.2) is 11.3 Å². The van der Waals surface area contributed by atoms with Gasteiger partial charge in [-0.05, 0) is 30.7 Å². The molecular weight excluding hydrogens is 440 g/mol. The zero-order chi connectivity index (χ0) is 19.7. The summed E-state index contributed by atoms with van der Waals surface area (Å²) in [4.78, 5) is 17.9. The molecule has 0 radical (unpaired) electrons. The van der Waals surface area contributed by atoms with E-state index in [4.69, 9.17) is 14.8 Å². The molecule has 2 aliphatic heterocycles. The van der Waals surface area contributed by atoms with Crippen LogP contribution < -0.4 is 20.6 Å². The van der Waals surface area contributed by atoms with Crippen molar-refractivity contribution in [3.05, 3.63) is 63.1 Å². The summed E-state index contributed by atoms with van der Waals surface area (Å²) >= 11 is 5.06. The Morgan fingerprint density at radius 1 is 1.29 bits per heavy atom. The van der Waals surface area contributed by atoms with Gasteiger partial charge in [-0.1, -0.05) is 52.8 Å². The molecule has 4 rings (SSSR count). The Bertz CT molecular complexity index is 1090. The van der Waals surface area contributed by atoms with Gasteiger partial charge in [-0.2, -0.15) is 0 Å². The normalized spacial score (nSPS) is 17.9. The Kier molecular flexibility index (Phi) is 5.41. The van der Waals surface area contributed by atoms with Crippen LogP contribution in [0, 0.1) is 0 Å². The van der Waals surface area contributed by atoms with Gasteiger partial charge in [0.25, 0.3) is 5.91 Å². The first kappa shape index (κ1) is 19.0. The number of hydrazone groups is 1. The number of methoxy groups -OCH3 is 1. The number of benzene rings is 2. The van der Waals surface area contributed by atoms with Crippen LogP contribution in [0.1, 0.15) is 25.1 Å². The maximum Gasteiger partial charge on any atom is 0.276 e. The molecule has 6 nitrogen and oxygen atoms in total. The second kappa shape index (κ2) is 7.97. The third-order valence-electron chi connectivity index (χ3n) is 4.43. The van der Waals surface area contributed by atoms with Crippen LogP contribution in [0.2, 0.25) is 0 Å². The molecular formula is C20H19BrN4O2S. The molecule has 1 amide bonds. The minimum Gasteiger partial charge on any atom is -0.496 e. The minimum absolute atomic E-state index is 0.171. The van der Waals surface area contributed by atoms with E-state index in [1.165, 1.54) is 11.8 Å². The molecule has 144 valence electrons. The fraction of sp³-hybridized carbons (Fsp3) is 0.250. The highest BCUT2D eigenvalue weighted by atomic mass is 79.9. The maximum absolute atomic E-state index is 13.0. The Morgan fingerprint density at radius 3 is 2.89 bits per heavy atom. The SMILES string of the molecule is CCCSC1=NN2C(=c3ccccc3=N[C@@H]2c2cc(Br)ccc2OC)C(=O)N1. The topological polar surface area (TPSA) is 66.3 Å². The van der Waals surface area contributed by atoms with Gasteiger partial charge < -0.3 is 4.74 Å². The number of thioether (sulfide) groups is 1. The number of amides is 1. The summed E-state index contributed by atoms with van der Waals surface area (Å²) in [6.45, 7) is 2.09. The van der Waals surface area contributed by atoms with Crippen molar-refractivity contribution in [2.75, 3.05) is 12.9 Å². The van der Waals surface area contributed by atoms with Crippen LogP contribution in [0.25, 0.3) is 5.70 Å². The van der Waals surface area contributed by atoms with E-state index in [-0.39, 0.29) is 5.91 Å². The van der Waals surface area contributed by atoms with Gasteiger partial charge in [-0.25, -0.2) is 5.01 Å². The molecule has 0 bridgehead atoms. The molecule has 0 spiro atoms.